The molecule has 0 radical (unpaired) electrons. The molecule has 3 aromatic rings. The Morgan fingerprint density at radius 2 is 1.59 bits per heavy atom. The van der Waals surface area contributed by atoms with E-state index in [1.807, 2.05) is 54.3 Å². The molecule has 0 aliphatic carbocycles. The van der Waals surface area contributed by atoms with E-state index in [1.54, 1.807) is 6.07 Å². The minimum absolute atomic E-state index is 0.0582. The Hall–Kier alpha value is -2.94. The molecule has 1 heterocycles. The van der Waals surface area contributed by atoms with Crippen molar-refractivity contribution in [3.05, 3.63) is 89.2 Å². The van der Waals surface area contributed by atoms with E-state index in [2.05, 4.69) is 19.9 Å². The minimum Gasteiger partial charge on any atom is -0.325 e. The molecule has 0 atom stereocenters. The predicted octanol–water partition coefficient (Wildman–Crippen LogP) is 5.53. The van der Waals surface area contributed by atoms with Crippen molar-refractivity contribution in [3.8, 4) is 0 Å². The number of hydrogen-bond acceptors (Lipinski definition) is 1. The molecule has 0 N–H and O–H groups in total. The van der Waals surface area contributed by atoms with Crippen molar-refractivity contribution in [3.63, 3.8) is 0 Å². The first-order valence-electron chi connectivity index (χ1n) is 9.15. The van der Waals surface area contributed by atoms with Crippen LogP contribution in [0.2, 0.25) is 0 Å². The first kappa shape index (κ1) is 17.5. The molecule has 3 aromatic carbocycles. The fourth-order valence-electron chi connectivity index (χ4n) is 3.88. The van der Waals surface area contributed by atoms with Crippen LogP contribution in [-0.2, 0) is 10.3 Å². The Kier molecular flexibility index (Phi) is 4.11. The minimum atomic E-state index is -0.475. The number of hydrogen-bond donors (Lipinski definition) is 0. The lowest BCUT2D eigenvalue weighted by atomic mass is 9.90. The Bertz CT molecular complexity index is 1070. The highest BCUT2D eigenvalue weighted by atomic mass is 19.1. The zero-order chi connectivity index (χ0) is 19.2. The smallest absolute Gasteiger partial charge is 0.255 e. The summed E-state index contributed by atoms with van der Waals surface area (Å²) in [4.78, 5) is 15.2. The number of rotatable bonds is 3. The van der Waals surface area contributed by atoms with E-state index in [0.29, 0.717) is 6.54 Å². The second-order valence-electron chi connectivity index (χ2n) is 7.68. The molecule has 1 amide bonds. The SMILES string of the molecule is CC1=C(c2ccccc2)C(=O)N(C(C)(C)c2ccc3cc(F)ccc3c2)C1. The third kappa shape index (κ3) is 2.93. The normalized spacial score (nSPS) is 15.1. The maximum atomic E-state index is 13.5. The van der Waals surface area contributed by atoms with Crippen molar-refractivity contribution >= 4 is 22.3 Å². The highest BCUT2D eigenvalue weighted by Crippen LogP contribution is 2.38. The molecule has 1 aliphatic rings. The van der Waals surface area contributed by atoms with E-state index in [1.165, 1.54) is 12.1 Å². The number of nitrogens with zero attached hydrogens (tertiary/aromatic N) is 1. The van der Waals surface area contributed by atoms with E-state index in [-0.39, 0.29) is 11.7 Å². The van der Waals surface area contributed by atoms with Gasteiger partial charge in [-0.15, -0.1) is 0 Å². The van der Waals surface area contributed by atoms with Crippen LogP contribution in [0.4, 0.5) is 4.39 Å². The van der Waals surface area contributed by atoms with Crippen LogP contribution in [0.25, 0.3) is 16.3 Å². The number of benzene rings is 3. The topological polar surface area (TPSA) is 20.3 Å². The van der Waals surface area contributed by atoms with Crippen molar-refractivity contribution in [1.29, 1.82) is 0 Å². The van der Waals surface area contributed by atoms with Crippen LogP contribution in [0.1, 0.15) is 31.9 Å². The van der Waals surface area contributed by atoms with Crippen molar-refractivity contribution in [2.24, 2.45) is 0 Å². The van der Waals surface area contributed by atoms with Crippen molar-refractivity contribution in [2.75, 3.05) is 6.54 Å². The molecule has 2 nitrogen and oxygen atoms in total. The van der Waals surface area contributed by atoms with Gasteiger partial charge in [0, 0.05) is 12.1 Å². The molecule has 27 heavy (non-hydrogen) atoms. The Balaban J connectivity index is 1.71. The van der Waals surface area contributed by atoms with Crippen LogP contribution < -0.4 is 0 Å². The zero-order valence-electron chi connectivity index (χ0n) is 15.8. The van der Waals surface area contributed by atoms with Gasteiger partial charge in [-0.2, -0.15) is 0 Å². The number of carbonyl (C=O) groups excluding carboxylic acids is 1. The molecular formula is C24H22FNO. The van der Waals surface area contributed by atoms with Gasteiger partial charge in [-0.05, 0) is 66.4 Å². The van der Waals surface area contributed by atoms with Gasteiger partial charge < -0.3 is 4.90 Å². The highest BCUT2D eigenvalue weighted by molar-refractivity contribution is 6.22. The second-order valence-corrected chi connectivity index (χ2v) is 7.68. The van der Waals surface area contributed by atoms with Crippen LogP contribution in [0.5, 0.6) is 0 Å². The van der Waals surface area contributed by atoms with Gasteiger partial charge in [-0.1, -0.05) is 48.5 Å². The first-order chi connectivity index (χ1) is 12.9. The largest absolute Gasteiger partial charge is 0.325 e. The van der Waals surface area contributed by atoms with E-state index in [0.717, 1.165) is 33.0 Å². The summed E-state index contributed by atoms with van der Waals surface area (Å²) in [5, 5.41) is 1.84. The van der Waals surface area contributed by atoms with Crippen LogP contribution in [0.3, 0.4) is 0 Å². The van der Waals surface area contributed by atoms with Gasteiger partial charge in [0.25, 0.3) is 5.91 Å². The van der Waals surface area contributed by atoms with Gasteiger partial charge in [0.05, 0.1) is 5.54 Å². The summed E-state index contributed by atoms with van der Waals surface area (Å²) >= 11 is 0. The molecule has 1 aliphatic heterocycles. The molecule has 0 spiro atoms. The fraction of sp³-hybridized carbons (Fsp3) is 0.208. The summed E-state index contributed by atoms with van der Waals surface area (Å²) in [7, 11) is 0. The lowest BCUT2D eigenvalue weighted by molar-refractivity contribution is -0.128. The summed E-state index contributed by atoms with van der Waals surface area (Å²) in [6, 6.07) is 20.6. The summed E-state index contributed by atoms with van der Waals surface area (Å²) in [6.45, 7) is 6.77. The van der Waals surface area contributed by atoms with Gasteiger partial charge in [-0.3, -0.25) is 4.79 Å². The molecule has 0 unspecified atom stereocenters. The number of amides is 1. The molecule has 0 saturated carbocycles. The predicted molar refractivity (Wildman–Crippen MR) is 108 cm³/mol. The zero-order valence-corrected chi connectivity index (χ0v) is 15.8. The molecule has 4 rings (SSSR count). The van der Waals surface area contributed by atoms with Gasteiger partial charge >= 0.3 is 0 Å². The third-order valence-corrected chi connectivity index (χ3v) is 5.53. The molecule has 136 valence electrons. The molecule has 0 bridgehead atoms. The summed E-state index contributed by atoms with van der Waals surface area (Å²) < 4.78 is 13.5. The summed E-state index contributed by atoms with van der Waals surface area (Å²) in [5.41, 5.74) is 3.41. The Morgan fingerprint density at radius 3 is 2.33 bits per heavy atom. The third-order valence-electron chi connectivity index (χ3n) is 5.53. The number of halogens is 1. The average molecular weight is 359 g/mol. The summed E-state index contributed by atoms with van der Waals surface area (Å²) in [5.74, 6) is -0.181. The van der Waals surface area contributed by atoms with Gasteiger partial charge in [0.15, 0.2) is 0 Å². The summed E-state index contributed by atoms with van der Waals surface area (Å²) in [6.07, 6.45) is 0. The van der Waals surface area contributed by atoms with Gasteiger partial charge in [0.2, 0.25) is 0 Å². The van der Waals surface area contributed by atoms with Crippen molar-refractivity contribution in [2.45, 2.75) is 26.3 Å². The first-order valence-corrected chi connectivity index (χ1v) is 9.15. The van der Waals surface area contributed by atoms with Crippen LogP contribution in [-0.4, -0.2) is 17.4 Å². The van der Waals surface area contributed by atoms with Crippen LogP contribution in [0, 0.1) is 5.82 Å². The standard InChI is InChI=1S/C24H22FNO/c1-16-15-26(23(27)22(16)17-7-5-4-6-8-17)24(2,3)20-11-9-19-14-21(25)12-10-18(19)13-20/h4-14H,15H2,1-3H3. The maximum absolute atomic E-state index is 13.5. The highest BCUT2D eigenvalue weighted by Gasteiger charge is 2.39. The van der Waals surface area contributed by atoms with E-state index < -0.39 is 5.54 Å². The van der Waals surface area contributed by atoms with Crippen LogP contribution >= 0.6 is 0 Å². The van der Waals surface area contributed by atoms with E-state index in [9.17, 15) is 9.18 Å². The molecule has 0 saturated heterocycles. The Labute approximate surface area is 158 Å². The van der Waals surface area contributed by atoms with Crippen molar-refractivity contribution < 1.29 is 9.18 Å². The Morgan fingerprint density at radius 1 is 0.926 bits per heavy atom. The molecule has 3 heteroatoms. The number of fused-ring (bicyclic) bond motifs is 1. The van der Waals surface area contributed by atoms with Gasteiger partial charge in [0.1, 0.15) is 5.82 Å². The molecular weight excluding hydrogens is 337 g/mol. The second kappa shape index (κ2) is 6.34. The average Bonchev–Trinajstić information content (AvgIpc) is 2.97. The monoisotopic (exact) mass is 359 g/mol. The van der Waals surface area contributed by atoms with E-state index >= 15 is 0 Å². The number of carbonyl (C=O) groups is 1. The lowest BCUT2D eigenvalue weighted by Gasteiger charge is -2.37. The fourth-order valence-corrected chi connectivity index (χ4v) is 3.88. The maximum Gasteiger partial charge on any atom is 0.255 e. The lowest BCUT2D eigenvalue weighted by Crippen LogP contribution is -2.43. The van der Waals surface area contributed by atoms with Gasteiger partial charge in [-0.25, -0.2) is 4.39 Å². The van der Waals surface area contributed by atoms with Crippen LogP contribution in [0.15, 0.2) is 72.3 Å². The van der Waals surface area contributed by atoms with E-state index in [4.69, 9.17) is 0 Å². The van der Waals surface area contributed by atoms with Crippen molar-refractivity contribution in [1.82, 2.24) is 4.90 Å². The molecule has 0 aromatic heterocycles. The molecule has 0 fully saturated rings. The quantitative estimate of drug-likeness (QED) is 0.602.